The highest BCUT2D eigenvalue weighted by Gasteiger charge is 2.03. The fraction of sp³-hybridized carbons (Fsp3) is 1.00. The Labute approximate surface area is 62.0 Å². The van der Waals surface area contributed by atoms with Crippen molar-refractivity contribution < 1.29 is 14.6 Å². The summed E-state index contributed by atoms with van der Waals surface area (Å²) in [7, 11) is 1.55. The molecule has 3 nitrogen and oxygen atoms in total. The molecule has 0 aliphatic heterocycles. The van der Waals surface area contributed by atoms with Crippen LogP contribution in [0.15, 0.2) is 0 Å². The Morgan fingerprint density at radius 1 is 1.30 bits per heavy atom. The third-order valence-corrected chi connectivity index (χ3v) is 0.981. The summed E-state index contributed by atoms with van der Waals surface area (Å²) in [5.74, 6) is 0. The fourth-order valence-corrected chi connectivity index (χ4v) is 0.544. The van der Waals surface area contributed by atoms with Crippen molar-refractivity contribution in [2.75, 3.05) is 20.3 Å². The van der Waals surface area contributed by atoms with Crippen LogP contribution in [0, 0.1) is 0 Å². The van der Waals surface area contributed by atoms with Gasteiger partial charge in [0.05, 0.1) is 19.3 Å². The minimum atomic E-state index is -0.493. The van der Waals surface area contributed by atoms with E-state index < -0.39 is 6.10 Å². The zero-order valence-corrected chi connectivity index (χ0v) is 6.83. The fourth-order valence-electron chi connectivity index (χ4n) is 0.544. The van der Waals surface area contributed by atoms with E-state index in [0.717, 1.165) is 0 Å². The van der Waals surface area contributed by atoms with Gasteiger partial charge >= 0.3 is 0 Å². The van der Waals surface area contributed by atoms with Crippen molar-refractivity contribution in [1.29, 1.82) is 0 Å². The second-order valence-electron chi connectivity index (χ2n) is 2.49. The van der Waals surface area contributed by atoms with E-state index in [1.807, 2.05) is 13.8 Å². The summed E-state index contributed by atoms with van der Waals surface area (Å²) in [6.07, 6.45) is -0.320. The number of hydrogen-bond acceptors (Lipinski definition) is 3. The van der Waals surface area contributed by atoms with Gasteiger partial charge in [-0.05, 0) is 13.8 Å². The number of aliphatic hydroxyl groups excluding tert-OH is 1. The third-order valence-electron chi connectivity index (χ3n) is 0.981. The van der Waals surface area contributed by atoms with Gasteiger partial charge in [0.2, 0.25) is 0 Å². The standard InChI is InChI=1S/C7H16O3/c1-6(2)10-5-7(8)4-9-3/h6-8H,4-5H2,1-3H3/t7-/m0/s1. The molecule has 0 bridgehead atoms. The quantitative estimate of drug-likeness (QED) is 0.614. The van der Waals surface area contributed by atoms with Crippen molar-refractivity contribution >= 4 is 0 Å². The molecular weight excluding hydrogens is 132 g/mol. The van der Waals surface area contributed by atoms with E-state index in [2.05, 4.69) is 0 Å². The zero-order valence-electron chi connectivity index (χ0n) is 6.83. The van der Waals surface area contributed by atoms with Crippen LogP contribution in [-0.2, 0) is 9.47 Å². The highest BCUT2D eigenvalue weighted by atomic mass is 16.5. The molecule has 0 fully saturated rings. The molecule has 0 unspecified atom stereocenters. The first-order chi connectivity index (χ1) is 4.66. The largest absolute Gasteiger partial charge is 0.388 e. The molecule has 0 heterocycles. The van der Waals surface area contributed by atoms with Crippen molar-refractivity contribution in [2.24, 2.45) is 0 Å². The summed E-state index contributed by atoms with van der Waals surface area (Å²) in [5.41, 5.74) is 0. The molecule has 0 saturated carbocycles. The molecule has 0 aromatic heterocycles. The minimum Gasteiger partial charge on any atom is -0.388 e. The first-order valence-electron chi connectivity index (χ1n) is 3.45. The van der Waals surface area contributed by atoms with Crippen molar-refractivity contribution in [3.05, 3.63) is 0 Å². The number of ether oxygens (including phenoxy) is 2. The third kappa shape index (κ3) is 6.01. The Morgan fingerprint density at radius 3 is 2.30 bits per heavy atom. The Morgan fingerprint density at radius 2 is 1.90 bits per heavy atom. The second kappa shape index (κ2) is 5.65. The number of rotatable bonds is 5. The van der Waals surface area contributed by atoms with Gasteiger partial charge in [-0.1, -0.05) is 0 Å². The Bertz CT molecular complexity index is 73.3. The van der Waals surface area contributed by atoms with Gasteiger partial charge in [0.25, 0.3) is 0 Å². The molecule has 0 rings (SSSR count). The monoisotopic (exact) mass is 148 g/mol. The molecule has 10 heavy (non-hydrogen) atoms. The van der Waals surface area contributed by atoms with E-state index in [1.54, 1.807) is 7.11 Å². The van der Waals surface area contributed by atoms with Gasteiger partial charge in [0.15, 0.2) is 0 Å². The second-order valence-corrected chi connectivity index (χ2v) is 2.49. The van der Waals surface area contributed by atoms with Crippen LogP contribution in [0.1, 0.15) is 13.8 Å². The van der Waals surface area contributed by atoms with Gasteiger partial charge in [-0.25, -0.2) is 0 Å². The van der Waals surface area contributed by atoms with Crippen molar-refractivity contribution in [1.82, 2.24) is 0 Å². The lowest BCUT2D eigenvalue weighted by atomic mass is 10.4. The van der Waals surface area contributed by atoms with Crippen LogP contribution < -0.4 is 0 Å². The lowest BCUT2D eigenvalue weighted by Gasteiger charge is -2.11. The summed E-state index contributed by atoms with van der Waals surface area (Å²) < 4.78 is 9.83. The van der Waals surface area contributed by atoms with Crippen LogP contribution in [0.3, 0.4) is 0 Å². The van der Waals surface area contributed by atoms with Gasteiger partial charge in [-0.15, -0.1) is 0 Å². The van der Waals surface area contributed by atoms with Crippen LogP contribution >= 0.6 is 0 Å². The smallest absolute Gasteiger partial charge is 0.101 e. The molecule has 0 saturated heterocycles. The molecule has 3 heteroatoms. The predicted octanol–water partition coefficient (Wildman–Crippen LogP) is 0.419. The normalized spacial score (nSPS) is 14.1. The lowest BCUT2D eigenvalue weighted by molar-refractivity contribution is -0.0258. The first-order valence-corrected chi connectivity index (χ1v) is 3.45. The van der Waals surface area contributed by atoms with Crippen LogP contribution in [0.4, 0.5) is 0 Å². The zero-order chi connectivity index (χ0) is 7.98. The maximum Gasteiger partial charge on any atom is 0.101 e. The molecule has 0 amide bonds. The summed E-state index contributed by atoms with van der Waals surface area (Å²) in [6, 6.07) is 0. The van der Waals surface area contributed by atoms with E-state index in [9.17, 15) is 0 Å². The van der Waals surface area contributed by atoms with Gasteiger partial charge in [0.1, 0.15) is 6.10 Å². The highest BCUT2D eigenvalue weighted by molar-refractivity contribution is 4.51. The predicted molar refractivity (Wildman–Crippen MR) is 39.0 cm³/mol. The maximum absolute atomic E-state index is 9.05. The molecule has 0 aromatic carbocycles. The molecule has 0 aromatic rings. The topological polar surface area (TPSA) is 38.7 Å². The molecule has 0 aliphatic rings. The Balaban J connectivity index is 3.12. The number of methoxy groups -OCH3 is 1. The van der Waals surface area contributed by atoms with Crippen molar-refractivity contribution in [3.8, 4) is 0 Å². The van der Waals surface area contributed by atoms with E-state index in [1.165, 1.54) is 0 Å². The van der Waals surface area contributed by atoms with Crippen molar-refractivity contribution in [3.63, 3.8) is 0 Å². The summed E-state index contributed by atoms with van der Waals surface area (Å²) in [5, 5.41) is 9.05. The molecule has 0 spiro atoms. The first kappa shape index (κ1) is 9.88. The Hall–Kier alpha value is -0.120. The van der Waals surface area contributed by atoms with Gasteiger partial charge < -0.3 is 14.6 Å². The summed E-state index contributed by atoms with van der Waals surface area (Å²) in [6.45, 7) is 4.55. The molecular formula is C7H16O3. The summed E-state index contributed by atoms with van der Waals surface area (Å²) in [4.78, 5) is 0. The van der Waals surface area contributed by atoms with Crippen LogP contribution in [0.25, 0.3) is 0 Å². The summed E-state index contributed by atoms with van der Waals surface area (Å²) >= 11 is 0. The highest BCUT2D eigenvalue weighted by Crippen LogP contribution is 1.91. The van der Waals surface area contributed by atoms with E-state index in [4.69, 9.17) is 14.6 Å². The van der Waals surface area contributed by atoms with Gasteiger partial charge in [0, 0.05) is 7.11 Å². The van der Waals surface area contributed by atoms with E-state index >= 15 is 0 Å². The van der Waals surface area contributed by atoms with Crippen LogP contribution in [0.2, 0.25) is 0 Å². The average Bonchev–Trinajstić information content (AvgIpc) is 1.85. The molecule has 62 valence electrons. The lowest BCUT2D eigenvalue weighted by Crippen LogP contribution is -2.22. The van der Waals surface area contributed by atoms with Crippen LogP contribution in [-0.4, -0.2) is 37.6 Å². The molecule has 1 N–H and O–H groups in total. The van der Waals surface area contributed by atoms with Gasteiger partial charge in [-0.2, -0.15) is 0 Å². The van der Waals surface area contributed by atoms with Crippen LogP contribution in [0.5, 0.6) is 0 Å². The Kier molecular flexibility index (Phi) is 5.58. The van der Waals surface area contributed by atoms with E-state index in [0.29, 0.717) is 13.2 Å². The molecule has 0 aliphatic carbocycles. The maximum atomic E-state index is 9.05. The average molecular weight is 148 g/mol. The minimum absolute atomic E-state index is 0.173. The molecule has 0 radical (unpaired) electrons. The van der Waals surface area contributed by atoms with Crippen molar-refractivity contribution in [2.45, 2.75) is 26.1 Å². The number of hydrogen-bond donors (Lipinski definition) is 1. The SMILES string of the molecule is COC[C@H](O)COC(C)C. The number of aliphatic hydroxyl groups is 1. The van der Waals surface area contributed by atoms with E-state index in [-0.39, 0.29) is 6.10 Å². The van der Waals surface area contributed by atoms with Gasteiger partial charge in [-0.3, -0.25) is 0 Å². The molecule has 1 atom stereocenters.